The summed E-state index contributed by atoms with van der Waals surface area (Å²) in [5, 5.41) is 1.55. The van der Waals surface area contributed by atoms with Gasteiger partial charge in [-0.05, 0) is 65.7 Å². The van der Waals surface area contributed by atoms with Crippen LogP contribution in [-0.2, 0) is 6.54 Å². The molecule has 1 saturated heterocycles. The largest absolute Gasteiger partial charge is 0.350 e. The van der Waals surface area contributed by atoms with Crippen LogP contribution >= 0.6 is 27.5 Å². The highest BCUT2D eigenvalue weighted by molar-refractivity contribution is 9.10. The lowest BCUT2D eigenvalue weighted by Gasteiger charge is -2.44. The number of H-pyrrole nitrogens is 1. The molecule has 0 saturated carbocycles. The Bertz CT molecular complexity index is 1010. The van der Waals surface area contributed by atoms with Gasteiger partial charge in [-0.15, -0.1) is 0 Å². The highest BCUT2D eigenvalue weighted by atomic mass is 79.9. The average Bonchev–Trinajstić information content (AvgIpc) is 3.08. The predicted molar refractivity (Wildman–Crippen MR) is 118 cm³/mol. The molecule has 0 aliphatic carbocycles. The van der Waals surface area contributed by atoms with E-state index >= 15 is 0 Å². The van der Waals surface area contributed by atoms with Crippen molar-refractivity contribution in [1.29, 1.82) is 0 Å². The van der Waals surface area contributed by atoms with Crippen molar-refractivity contribution in [3.05, 3.63) is 69.0 Å². The first-order chi connectivity index (χ1) is 13.8. The molecular weight excluding hydrogens is 457 g/mol. The first-order valence-corrected chi connectivity index (χ1v) is 10.8. The quantitative estimate of drug-likeness (QED) is 0.543. The number of fused-ring (bicyclic) bond motifs is 1. The summed E-state index contributed by atoms with van der Waals surface area (Å²) >= 11 is 9.60. The zero-order valence-electron chi connectivity index (χ0n) is 16.3. The van der Waals surface area contributed by atoms with E-state index in [2.05, 4.69) is 39.7 Å². The number of hydrogen-bond acceptors (Lipinski definition) is 2. The van der Waals surface area contributed by atoms with Crippen LogP contribution in [0, 0.1) is 5.82 Å². The summed E-state index contributed by atoms with van der Waals surface area (Å²) in [6.07, 6.45) is 0. The van der Waals surface area contributed by atoms with E-state index in [1.54, 1.807) is 0 Å². The van der Waals surface area contributed by atoms with Crippen LogP contribution < -0.4 is 0 Å². The number of hydrogen-bond donors (Lipinski definition) is 1. The van der Waals surface area contributed by atoms with Gasteiger partial charge in [-0.3, -0.25) is 9.69 Å². The van der Waals surface area contributed by atoms with Crippen LogP contribution in [0.1, 0.15) is 29.9 Å². The molecule has 1 amide bonds. The minimum absolute atomic E-state index is 0.00535. The molecule has 3 aromatic rings. The number of carbonyl (C=O) groups is 1. The molecule has 1 N–H and O–H groups in total. The van der Waals surface area contributed by atoms with Gasteiger partial charge in [0.1, 0.15) is 11.5 Å². The van der Waals surface area contributed by atoms with Crippen molar-refractivity contribution in [2.24, 2.45) is 0 Å². The number of carbonyl (C=O) groups excluding carboxylic acids is 1. The zero-order valence-corrected chi connectivity index (χ0v) is 18.6. The van der Waals surface area contributed by atoms with Crippen molar-refractivity contribution >= 4 is 44.3 Å². The SMILES string of the molecule is C[C@@H]1CN(Cc2ccc(F)cc2)[C@@H](C)CN1C(=O)c1cc2cc(Br)c(Cl)cc2[nH]1. The summed E-state index contributed by atoms with van der Waals surface area (Å²) < 4.78 is 14.0. The number of rotatable bonds is 3. The molecule has 2 atom stereocenters. The van der Waals surface area contributed by atoms with Crippen molar-refractivity contribution in [1.82, 2.24) is 14.8 Å². The van der Waals surface area contributed by atoms with E-state index in [-0.39, 0.29) is 23.8 Å². The van der Waals surface area contributed by atoms with Crippen molar-refractivity contribution < 1.29 is 9.18 Å². The van der Waals surface area contributed by atoms with Crippen LogP contribution in [0.4, 0.5) is 4.39 Å². The maximum absolute atomic E-state index is 13.2. The van der Waals surface area contributed by atoms with Crippen LogP contribution in [0.3, 0.4) is 0 Å². The molecular formula is C22H22BrClFN3O. The molecule has 4 rings (SSSR count). The summed E-state index contributed by atoms with van der Waals surface area (Å²) in [6.45, 7) is 6.34. The highest BCUT2D eigenvalue weighted by Gasteiger charge is 2.33. The van der Waals surface area contributed by atoms with E-state index in [0.29, 0.717) is 17.3 Å². The summed E-state index contributed by atoms with van der Waals surface area (Å²) in [4.78, 5) is 20.7. The van der Waals surface area contributed by atoms with E-state index in [1.165, 1.54) is 12.1 Å². The number of halogens is 3. The van der Waals surface area contributed by atoms with E-state index < -0.39 is 0 Å². The first kappa shape index (κ1) is 20.4. The number of piperazine rings is 1. The minimum Gasteiger partial charge on any atom is -0.350 e. The van der Waals surface area contributed by atoms with Gasteiger partial charge in [0.2, 0.25) is 0 Å². The van der Waals surface area contributed by atoms with E-state index in [0.717, 1.165) is 34.0 Å². The molecule has 1 fully saturated rings. The third kappa shape index (κ3) is 4.20. The van der Waals surface area contributed by atoms with Crippen molar-refractivity contribution in [2.75, 3.05) is 13.1 Å². The van der Waals surface area contributed by atoms with Gasteiger partial charge in [0.15, 0.2) is 0 Å². The molecule has 2 aromatic carbocycles. The van der Waals surface area contributed by atoms with E-state index in [4.69, 9.17) is 11.6 Å². The van der Waals surface area contributed by atoms with Crippen LogP contribution in [0.5, 0.6) is 0 Å². The van der Waals surface area contributed by atoms with Crippen molar-refractivity contribution in [3.8, 4) is 0 Å². The van der Waals surface area contributed by atoms with Crippen LogP contribution in [0.15, 0.2) is 46.9 Å². The zero-order chi connectivity index (χ0) is 20.7. The van der Waals surface area contributed by atoms with Crippen LogP contribution in [0.2, 0.25) is 5.02 Å². The molecule has 7 heteroatoms. The summed E-state index contributed by atoms with van der Waals surface area (Å²) in [7, 11) is 0. The predicted octanol–water partition coefficient (Wildman–Crippen LogP) is 5.46. The van der Waals surface area contributed by atoms with E-state index in [1.807, 2.05) is 35.2 Å². The van der Waals surface area contributed by atoms with Crippen molar-refractivity contribution in [3.63, 3.8) is 0 Å². The Morgan fingerprint density at radius 1 is 1.17 bits per heavy atom. The Morgan fingerprint density at radius 3 is 2.62 bits per heavy atom. The standard InChI is InChI=1S/C22H22BrClFN3O/c1-13-11-28(14(2)10-27(13)12-15-3-5-17(25)6-4-15)22(29)21-8-16-7-18(23)19(24)9-20(16)26-21/h3-9,13-14,26H,10-12H2,1-2H3/t13-,14+/m0/s1. The van der Waals surface area contributed by atoms with Crippen molar-refractivity contribution in [2.45, 2.75) is 32.5 Å². The molecule has 1 aliphatic rings. The normalized spacial score (nSPS) is 20.4. The Hall–Kier alpha value is -1.89. The average molecular weight is 479 g/mol. The van der Waals surface area contributed by atoms with Gasteiger partial charge in [0, 0.05) is 47.1 Å². The Balaban J connectivity index is 1.49. The lowest BCUT2D eigenvalue weighted by molar-refractivity contribution is 0.0287. The first-order valence-electron chi connectivity index (χ1n) is 9.59. The lowest BCUT2D eigenvalue weighted by atomic mass is 10.1. The molecule has 0 radical (unpaired) electrons. The van der Waals surface area contributed by atoms with Crippen LogP contribution in [-0.4, -0.2) is 45.9 Å². The number of benzene rings is 2. The molecule has 1 aliphatic heterocycles. The maximum Gasteiger partial charge on any atom is 0.270 e. The second-order valence-electron chi connectivity index (χ2n) is 7.75. The number of aromatic nitrogens is 1. The molecule has 0 bridgehead atoms. The van der Waals surface area contributed by atoms with Gasteiger partial charge in [-0.1, -0.05) is 23.7 Å². The molecule has 29 heavy (non-hydrogen) atoms. The molecule has 0 spiro atoms. The molecule has 2 heterocycles. The third-order valence-corrected chi connectivity index (χ3v) is 6.76. The Morgan fingerprint density at radius 2 is 1.90 bits per heavy atom. The fourth-order valence-corrected chi connectivity index (χ4v) is 4.45. The fraction of sp³-hybridized carbons (Fsp3) is 0.318. The summed E-state index contributed by atoms with van der Waals surface area (Å²) in [5.41, 5.74) is 2.49. The smallest absolute Gasteiger partial charge is 0.270 e. The third-order valence-electron chi connectivity index (χ3n) is 5.57. The lowest BCUT2D eigenvalue weighted by Crippen LogP contribution is -2.57. The molecule has 4 nitrogen and oxygen atoms in total. The van der Waals surface area contributed by atoms with Gasteiger partial charge in [0.05, 0.1) is 5.02 Å². The summed E-state index contributed by atoms with van der Waals surface area (Å²) in [5.74, 6) is -0.230. The molecule has 0 unspecified atom stereocenters. The van der Waals surface area contributed by atoms with Gasteiger partial charge in [-0.2, -0.15) is 0 Å². The Kier molecular flexibility index (Phi) is 5.69. The number of nitrogens with zero attached hydrogens (tertiary/aromatic N) is 2. The fourth-order valence-electron chi connectivity index (χ4n) is 3.92. The second-order valence-corrected chi connectivity index (χ2v) is 9.01. The van der Waals surface area contributed by atoms with Gasteiger partial charge in [0.25, 0.3) is 5.91 Å². The minimum atomic E-state index is -0.225. The van der Waals surface area contributed by atoms with Gasteiger partial charge in [-0.25, -0.2) is 4.39 Å². The number of nitrogens with one attached hydrogen (secondary N) is 1. The number of aromatic amines is 1. The summed E-state index contributed by atoms with van der Waals surface area (Å²) in [6, 6.07) is 12.5. The molecule has 1 aromatic heterocycles. The second kappa shape index (κ2) is 8.09. The van der Waals surface area contributed by atoms with Crippen LogP contribution in [0.25, 0.3) is 10.9 Å². The highest BCUT2D eigenvalue weighted by Crippen LogP contribution is 2.29. The monoisotopic (exact) mass is 477 g/mol. The van der Waals surface area contributed by atoms with E-state index in [9.17, 15) is 9.18 Å². The maximum atomic E-state index is 13.2. The number of amides is 1. The topological polar surface area (TPSA) is 39.3 Å². The Labute approximate surface area is 182 Å². The van der Waals surface area contributed by atoms with Gasteiger partial charge < -0.3 is 9.88 Å². The van der Waals surface area contributed by atoms with Gasteiger partial charge >= 0.3 is 0 Å². The molecule has 152 valence electrons.